The predicted octanol–water partition coefficient (Wildman–Crippen LogP) is 3.14. The Morgan fingerprint density at radius 1 is 1.19 bits per heavy atom. The Kier molecular flexibility index (Phi) is 7.93. The summed E-state index contributed by atoms with van der Waals surface area (Å²) in [5.74, 6) is 1.73. The molecule has 150 valence electrons. The summed E-state index contributed by atoms with van der Waals surface area (Å²) < 4.78 is 11.4. The molecule has 1 aromatic heterocycles. The number of rotatable bonds is 5. The molecule has 1 saturated heterocycles. The highest BCUT2D eigenvalue weighted by Crippen LogP contribution is 2.24. The monoisotopic (exact) mass is 486 g/mol. The quantitative estimate of drug-likeness (QED) is 0.387. The zero-order valence-electron chi connectivity index (χ0n) is 16.7. The van der Waals surface area contributed by atoms with E-state index < -0.39 is 0 Å². The molecule has 1 aliphatic heterocycles. The van der Waals surface area contributed by atoms with Crippen molar-refractivity contribution in [1.82, 2.24) is 15.5 Å². The van der Waals surface area contributed by atoms with E-state index in [-0.39, 0.29) is 29.5 Å². The number of hydrogen-bond donors (Lipinski definition) is 2. The normalized spacial score (nSPS) is 16.2. The number of guanidine groups is 1. The van der Waals surface area contributed by atoms with Crippen LogP contribution in [0.4, 0.5) is 0 Å². The van der Waals surface area contributed by atoms with Gasteiger partial charge in [-0.1, -0.05) is 18.2 Å². The van der Waals surface area contributed by atoms with Crippen LogP contribution in [0.2, 0.25) is 0 Å². The molecule has 0 saturated carbocycles. The van der Waals surface area contributed by atoms with Gasteiger partial charge in [0.05, 0.1) is 19.8 Å². The number of hydrogen-bond acceptors (Lipinski definition) is 4. The van der Waals surface area contributed by atoms with Crippen LogP contribution in [-0.4, -0.2) is 56.3 Å². The third-order valence-electron chi connectivity index (χ3n) is 5.14. The summed E-state index contributed by atoms with van der Waals surface area (Å²) in [6, 6.07) is 8.13. The first-order chi connectivity index (χ1) is 12.5. The van der Waals surface area contributed by atoms with E-state index in [0.29, 0.717) is 6.54 Å². The summed E-state index contributed by atoms with van der Waals surface area (Å²) in [6.07, 6.45) is 0. The molecule has 0 amide bonds. The van der Waals surface area contributed by atoms with Crippen molar-refractivity contribution in [1.29, 1.82) is 0 Å². The number of halogens is 1. The lowest BCUT2D eigenvalue weighted by atomic mass is 10.0. The number of furan rings is 1. The Hall–Kier alpha value is -1.32. The van der Waals surface area contributed by atoms with E-state index in [2.05, 4.69) is 47.4 Å². The van der Waals surface area contributed by atoms with Crippen LogP contribution in [-0.2, 0) is 11.3 Å². The Morgan fingerprint density at radius 2 is 1.89 bits per heavy atom. The van der Waals surface area contributed by atoms with E-state index in [1.807, 2.05) is 18.2 Å². The first-order valence-electron chi connectivity index (χ1n) is 9.25. The van der Waals surface area contributed by atoms with E-state index in [9.17, 15) is 0 Å². The summed E-state index contributed by atoms with van der Waals surface area (Å²) in [5, 5.41) is 7.98. The van der Waals surface area contributed by atoms with Crippen LogP contribution in [0.3, 0.4) is 0 Å². The second-order valence-corrected chi connectivity index (χ2v) is 7.34. The highest BCUT2D eigenvalue weighted by atomic mass is 127. The SMILES string of the molecule is CN=C(NCc1oc2ccccc2c1C)NCC(C)(C)N1CCOCC1.I. The van der Waals surface area contributed by atoms with E-state index >= 15 is 0 Å². The summed E-state index contributed by atoms with van der Waals surface area (Å²) in [4.78, 5) is 6.80. The summed E-state index contributed by atoms with van der Waals surface area (Å²) in [5.41, 5.74) is 2.15. The number of aliphatic imine (C=N–C) groups is 1. The van der Waals surface area contributed by atoms with Gasteiger partial charge >= 0.3 is 0 Å². The molecular weight excluding hydrogens is 455 g/mol. The third kappa shape index (κ3) is 5.36. The van der Waals surface area contributed by atoms with Crippen molar-refractivity contribution in [3.63, 3.8) is 0 Å². The number of para-hydroxylation sites is 1. The second kappa shape index (κ2) is 9.75. The number of aryl methyl sites for hydroxylation is 1. The van der Waals surface area contributed by atoms with Crippen LogP contribution in [0.1, 0.15) is 25.2 Å². The fourth-order valence-electron chi connectivity index (χ4n) is 3.36. The van der Waals surface area contributed by atoms with Crippen molar-refractivity contribution in [3.05, 3.63) is 35.6 Å². The molecule has 0 aliphatic carbocycles. The van der Waals surface area contributed by atoms with Crippen LogP contribution in [0.15, 0.2) is 33.7 Å². The van der Waals surface area contributed by atoms with Crippen LogP contribution in [0, 0.1) is 6.92 Å². The molecule has 3 rings (SSSR count). The minimum atomic E-state index is 0. The lowest BCUT2D eigenvalue weighted by molar-refractivity contribution is -0.00834. The third-order valence-corrected chi connectivity index (χ3v) is 5.14. The van der Waals surface area contributed by atoms with Gasteiger partial charge in [-0.15, -0.1) is 24.0 Å². The number of fused-ring (bicyclic) bond motifs is 1. The molecule has 2 aromatic rings. The van der Waals surface area contributed by atoms with Crippen LogP contribution < -0.4 is 10.6 Å². The van der Waals surface area contributed by atoms with Crippen molar-refractivity contribution in [2.24, 2.45) is 4.99 Å². The zero-order chi connectivity index (χ0) is 18.6. The minimum Gasteiger partial charge on any atom is -0.459 e. The first kappa shape index (κ1) is 22.0. The maximum Gasteiger partial charge on any atom is 0.191 e. The molecule has 1 aliphatic rings. The molecule has 0 bridgehead atoms. The topological polar surface area (TPSA) is 62.0 Å². The molecule has 2 N–H and O–H groups in total. The van der Waals surface area contributed by atoms with E-state index in [1.54, 1.807) is 7.05 Å². The predicted molar refractivity (Wildman–Crippen MR) is 121 cm³/mol. The standard InChI is InChI=1S/C20H30N4O2.HI/c1-15-16-7-5-6-8-17(16)26-18(15)13-22-19(21-4)23-14-20(2,3)24-9-11-25-12-10-24;/h5-8H,9-14H2,1-4H3,(H2,21,22,23);1H. The van der Waals surface area contributed by atoms with Crippen molar-refractivity contribution in [2.75, 3.05) is 39.9 Å². The van der Waals surface area contributed by atoms with Crippen molar-refractivity contribution in [2.45, 2.75) is 32.9 Å². The maximum atomic E-state index is 5.97. The molecule has 0 atom stereocenters. The van der Waals surface area contributed by atoms with Gasteiger partial charge in [-0.25, -0.2) is 0 Å². The van der Waals surface area contributed by atoms with E-state index in [0.717, 1.165) is 50.2 Å². The lowest BCUT2D eigenvalue weighted by Gasteiger charge is -2.41. The summed E-state index contributed by atoms with van der Waals surface area (Å²) in [6.45, 7) is 11.6. The Morgan fingerprint density at radius 3 is 2.56 bits per heavy atom. The van der Waals surface area contributed by atoms with Gasteiger partial charge in [0.15, 0.2) is 5.96 Å². The van der Waals surface area contributed by atoms with Gasteiger partial charge < -0.3 is 19.8 Å². The van der Waals surface area contributed by atoms with Crippen LogP contribution >= 0.6 is 24.0 Å². The molecule has 2 heterocycles. The molecule has 0 unspecified atom stereocenters. The highest BCUT2D eigenvalue weighted by molar-refractivity contribution is 14.0. The number of benzene rings is 1. The van der Waals surface area contributed by atoms with Gasteiger partial charge in [-0.2, -0.15) is 0 Å². The fraction of sp³-hybridized carbons (Fsp3) is 0.550. The van der Waals surface area contributed by atoms with Crippen molar-refractivity contribution >= 4 is 40.9 Å². The van der Waals surface area contributed by atoms with Gasteiger partial charge in [0.1, 0.15) is 11.3 Å². The molecule has 0 spiro atoms. The second-order valence-electron chi connectivity index (χ2n) is 7.34. The summed E-state index contributed by atoms with van der Waals surface area (Å²) in [7, 11) is 1.79. The first-order valence-corrected chi connectivity index (χ1v) is 9.25. The van der Waals surface area contributed by atoms with Gasteiger partial charge in [-0.05, 0) is 26.8 Å². The van der Waals surface area contributed by atoms with E-state index in [4.69, 9.17) is 9.15 Å². The van der Waals surface area contributed by atoms with Crippen LogP contribution in [0.5, 0.6) is 0 Å². The molecule has 6 nitrogen and oxygen atoms in total. The number of ether oxygens (including phenoxy) is 1. The average molecular weight is 486 g/mol. The molecule has 27 heavy (non-hydrogen) atoms. The highest BCUT2D eigenvalue weighted by Gasteiger charge is 2.28. The van der Waals surface area contributed by atoms with Gasteiger partial charge in [0.2, 0.25) is 0 Å². The average Bonchev–Trinajstić information content (AvgIpc) is 2.99. The summed E-state index contributed by atoms with van der Waals surface area (Å²) >= 11 is 0. The molecule has 1 aromatic carbocycles. The smallest absolute Gasteiger partial charge is 0.191 e. The largest absolute Gasteiger partial charge is 0.459 e. The lowest BCUT2D eigenvalue weighted by Crippen LogP contribution is -2.56. The van der Waals surface area contributed by atoms with Crippen molar-refractivity contribution in [3.8, 4) is 0 Å². The van der Waals surface area contributed by atoms with Gasteiger partial charge in [0.25, 0.3) is 0 Å². The van der Waals surface area contributed by atoms with E-state index in [1.165, 1.54) is 10.9 Å². The molecule has 0 radical (unpaired) electrons. The number of morpholine rings is 1. The van der Waals surface area contributed by atoms with Crippen LogP contribution in [0.25, 0.3) is 11.0 Å². The van der Waals surface area contributed by atoms with Gasteiger partial charge in [-0.3, -0.25) is 9.89 Å². The molecule has 7 heteroatoms. The molecular formula is C20H31IN4O2. The molecule has 1 fully saturated rings. The van der Waals surface area contributed by atoms with Crippen molar-refractivity contribution < 1.29 is 9.15 Å². The zero-order valence-corrected chi connectivity index (χ0v) is 19.0. The number of nitrogens with one attached hydrogen (secondary N) is 2. The fourth-order valence-corrected chi connectivity index (χ4v) is 3.36. The van der Waals surface area contributed by atoms with Gasteiger partial charge in [0, 0.05) is 43.2 Å². The maximum absolute atomic E-state index is 5.97. The minimum absolute atomic E-state index is 0. The number of nitrogens with zero attached hydrogens (tertiary/aromatic N) is 2. The Balaban J connectivity index is 0.00000261. The Bertz CT molecular complexity index is 766. The Labute approximate surface area is 178 Å².